The van der Waals surface area contributed by atoms with Gasteiger partial charge in [-0.15, -0.1) is 0 Å². The summed E-state index contributed by atoms with van der Waals surface area (Å²) in [5, 5.41) is 9.10. The first kappa shape index (κ1) is 14.1. The second-order valence-corrected chi connectivity index (χ2v) is 4.70. The summed E-state index contributed by atoms with van der Waals surface area (Å²) >= 11 is 6.01. The lowest BCUT2D eigenvalue weighted by molar-refractivity contribution is 0.101. The third-order valence-electron chi connectivity index (χ3n) is 2.81. The van der Waals surface area contributed by atoms with Crippen LogP contribution in [0.3, 0.4) is 0 Å². The van der Waals surface area contributed by atoms with Gasteiger partial charge in [-0.25, -0.2) is 0 Å². The Bertz CT molecular complexity index is 672. The van der Waals surface area contributed by atoms with Gasteiger partial charge in [0, 0.05) is 5.56 Å². The van der Waals surface area contributed by atoms with Crippen molar-refractivity contribution in [1.29, 1.82) is 5.26 Å². The number of nitrogens with zero attached hydrogens (tertiary/aromatic N) is 1. The highest BCUT2D eigenvalue weighted by molar-refractivity contribution is 6.34. The van der Waals surface area contributed by atoms with Crippen molar-refractivity contribution in [1.82, 2.24) is 0 Å². The molecule has 2 rings (SSSR count). The van der Waals surface area contributed by atoms with Gasteiger partial charge in [-0.3, -0.25) is 4.79 Å². The monoisotopic (exact) mass is 285 g/mol. The molecule has 0 atom stereocenters. The topological polar surface area (TPSA) is 50.1 Å². The lowest BCUT2D eigenvalue weighted by Gasteiger charge is -2.08. The maximum atomic E-state index is 11.3. The smallest absolute Gasteiger partial charge is 0.161 e. The fraction of sp³-hybridized carbons (Fsp3) is 0.125. The molecular formula is C16H12ClNO2. The molecule has 0 saturated heterocycles. The van der Waals surface area contributed by atoms with E-state index in [0.29, 0.717) is 28.5 Å². The van der Waals surface area contributed by atoms with Crippen molar-refractivity contribution in [3.8, 4) is 11.8 Å². The zero-order valence-corrected chi connectivity index (χ0v) is 11.6. The van der Waals surface area contributed by atoms with E-state index in [1.54, 1.807) is 30.3 Å². The molecule has 0 amide bonds. The van der Waals surface area contributed by atoms with Gasteiger partial charge in [-0.1, -0.05) is 23.7 Å². The first-order chi connectivity index (χ1) is 9.60. The summed E-state index contributed by atoms with van der Waals surface area (Å²) in [5.74, 6) is 0.526. The van der Waals surface area contributed by atoms with Gasteiger partial charge in [0.15, 0.2) is 5.78 Å². The predicted molar refractivity (Wildman–Crippen MR) is 76.9 cm³/mol. The number of Topliss-reactive ketones (excluding diaryl/α,β-unsaturated/α-hetero) is 1. The Morgan fingerprint density at radius 3 is 2.50 bits per heavy atom. The second-order valence-electron chi connectivity index (χ2n) is 4.30. The standard InChI is InChI=1S/C16H12ClNO2/c1-11(19)15-7-6-14(8-16(15)17)20-10-13-4-2-12(9-18)3-5-13/h2-8H,10H2,1H3. The van der Waals surface area contributed by atoms with Crippen LogP contribution in [0, 0.1) is 11.3 Å². The second kappa shape index (κ2) is 6.23. The van der Waals surface area contributed by atoms with Crippen LogP contribution < -0.4 is 4.74 Å². The molecular weight excluding hydrogens is 274 g/mol. The van der Waals surface area contributed by atoms with Crippen LogP contribution in [0.2, 0.25) is 5.02 Å². The molecule has 4 heteroatoms. The highest BCUT2D eigenvalue weighted by Gasteiger charge is 2.06. The Balaban J connectivity index is 2.05. The van der Waals surface area contributed by atoms with Crippen LogP contribution in [0.15, 0.2) is 42.5 Å². The minimum absolute atomic E-state index is 0.0753. The molecule has 0 unspecified atom stereocenters. The van der Waals surface area contributed by atoms with Crippen molar-refractivity contribution in [2.24, 2.45) is 0 Å². The molecule has 0 fully saturated rings. The molecule has 0 radical (unpaired) electrons. The van der Waals surface area contributed by atoms with Gasteiger partial charge >= 0.3 is 0 Å². The number of ether oxygens (including phenoxy) is 1. The van der Waals surface area contributed by atoms with E-state index in [9.17, 15) is 4.79 Å². The first-order valence-corrected chi connectivity index (χ1v) is 6.40. The van der Waals surface area contributed by atoms with Crippen LogP contribution in [-0.2, 0) is 6.61 Å². The van der Waals surface area contributed by atoms with E-state index in [1.165, 1.54) is 6.92 Å². The minimum atomic E-state index is -0.0753. The molecule has 0 spiro atoms. The molecule has 0 aliphatic heterocycles. The average molecular weight is 286 g/mol. The Morgan fingerprint density at radius 1 is 1.25 bits per heavy atom. The van der Waals surface area contributed by atoms with Gasteiger partial charge in [0.1, 0.15) is 12.4 Å². The zero-order chi connectivity index (χ0) is 14.5. The summed E-state index contributed by atoms with van der Waals surface area (Å²) in [7, 11) is 0. The van der Waals surface area contributed by atoms with Crippen LogP contribution in [0.1, 0.15) is 28.4 Å². The molecule has 0 heterocycles. The van der Waals surface area contributed by atoms with E-state index in [4.69, 9.17) is 21.6 Å². The molecule has 20 heavy (non-hydrogen) atoms. The van der Waals surface area contributed by atoms with Crippen LogP contribution in [0.5, 0.6) is 5.75 Å². The number of carbonyl (C=O) groups excluding carboxylic acids is 1. The molecule has 2 aromatic rings. The van der Waals surface area contributed by atoms with Crippen molar-refractivity contribution in [2.75, 3.05) is 0 Å². The Hall–Kier alpha value is -2.31. The third-order valence-corrected chi connectivity index (χ3v) is 3.12. The van der Waals surface area contributed by atoms with Crippen molar-refractivity contribution in [3.05, 3.63) is 64.2 Å². The lowest BCUT2D eigenvalue weighted by atomic mass is 10.1. The van der Waals surface area contributed by atoms with Crippen molar-refractivity contribution in [2.45, 2.75) is 13.5 Å². The van der Waals surface area contributed by atoms with E-state index in [-0.39, 0.29) is 5.78 Å². The maximum absolute atomic E-state index is 11.3. The predicted octanol–water partition coefficient (Wildman–Crippen LogP) is 3.99. The van der Waals surface area contributed by atoms with E-state index in [0.717, 1.165) is 5.56 Å². The van der Waals surface area contributed by atoms with E-state index < -0.39 is 0 Å². The summed E-state index contributed by atoms with van der Waals surface area (Å²) in [5.41, 5.74) is 2.05. The SMILES string of the molecule is CC(=O)c1ccc(OCc2ccc(C#N)cc2)cc1Cl. The van der Waals surface area contributed by atoms with Crippen LogP contribution >= 0.6 is 11.6 Å². The molecule has 0 aromatic heterocycles. The summed E-state index contributed by atoms with van der Waals surface area (Å²) in [4.78, 5) is 11.3. The molecule has 0 N–H and O–H groups in total. The molecule has 100 valence electrons. The van der Waals surface area contributed by atoms with Crippen LogP contribution in [0.25, 0.3) is 0 Å². The van der Waals surface area contributed by atoms with Gasteiger partial charge in [0.2, 0.25) is 0 Å². The number of hydrogen-bond acceptors (Lipinski definition) is 3. The number of rotatable bonds is 4. The van der Waals surface area contributed by atoms with E-state index in [1.807, 2.05) is 12.1 Å². The highest BCUT2D eigenvalue weighted by atomic mass is 35.5. The zero-order valence-electron chi connectivity index (χ0n) is 10.9. The first-order valence-electron chi connectivity index (χ1n) is 6.02. The van der Waals surface area contributed by atoms with E-state index >= 15 is 0 Å². The highest BCUT2D eigenvalue weighted by Crippen LogP contribution is 2.23. The number of carbonyl (C=O) groups is 1. The Kier molecular flexibility index (Phi) is 4.39. The summed E-state index contributed by atoms with van der Waals surface area (Å²) in [6.07, 6.45) is 0. The van der Waals surface area contributed by atoms with Gasteiger partial charge in [-0.05, 0) is 42.8 Å². The van der Waals surface area contributed by atoms with Gasteiger partial charge in [-0.2, -0.15) is 5.26 Å². The third kappa shape index (κ3) is 3.37. The average Bonchev–Trinajstić information content (AvgIpc) is 2.45. The number of halogens is 1. The summed E-state index contributed by atoms with van der Waals surface area (Å²) in [6, 6.07) is 14.2. The molecule has 3 nitrogen and oxygen atoms in total. The normalized spacial score (nSPS) is 9.85. The molecule has 0 bridgehead atoms. The van der Waals surface area contributed by atoms with Gasteiger partial charge < -0.3 is 4.74 Å². The summed E-state index contributed by atoms with van der Waals surface area (Å²) < 4.78 is 5.60. The van der Waals surface area contributed by atoms with Crippen molar-refractivity contribution < 1.29 is 9.53 Å². The van der Waals surface area contributed by atoms with Crippen LogP contribution in [-0.4, -0.2) is 5.78 Å². The number of ketones is 1. The fourth-order valence-electron chi connectivity index (χ4n) is 1.71. The Labute approximate surface area is 122 Å². The number of nitriles is 1. The number of benzene rings is 2. The molecule has 0 aliphatic carbocycles. The van der Waals surface area contributed by atoms with Crippen molar-refractivity contribution >= 4 is 17.4 Å². The van der Waals surface area contributed by atoms with Gasteiger partial charge in [0.25, 0.3) is 0 Å². The largest absolute Gasteiger partial charge is 0.489 e. The molecule has 0 aliphatic rings. The maximum Gasteiger partial charge on any atom is 0.161 e. The summed E-state index contributed by atoms with van der Waals surface area (Å²) in [6.45, 7) is 1.85. The minimum Gasteiger partial charge on any atom is -0.489 e. The molecule has 2 aromatic carbocycles. The fourth-order valence-corrected chi connectivity index (χ4v) is 2.02. The quantitative estimate of drug-likeness (QED) is 0.798. The molecule has 0 saturated carbocycles. The lowest BCUT2D eigenvalue weighted by Crippen LogP contribution is -1.97. The number of hydrogen-bond donors (Lipinski definition) is 0. The van der Waals surface area contributed by atoms with E-state index in [2.05, 4.69) is 6.07 Å². The Morgan fingerprint density at radius 2 is 1.95 bits per heavy atom. The van der Waals surface area contributed by atoms with Crippen LogP contribution in [0.4, 0.5) is 0 Å². The van der Waals surface area contributed by atoms with Gasteiger partial charge in [0.05, 0.1) is 16.7 Å². The van der Waals surface area contributed by atoms with Crippen molar-refractivity contribution in [3.63, 3.8) is 0 Å².